The molecule has 118 valence electrons. The fraction of sp³-hybridized carbons (Fsp3) is 0.529. The summed E-state index contributed by atoms with van der Waals surface area (Å²) in [7, 11) is 0. The normalized spacial score (nSPS) is 18.5. The van der Waals surface area contributed by atoms with Crippen LogP contribution in [-0.2, 0) is 16.1 Å². The van der Waals surface area contributed by atoms with E-state index in [2.05, 4.69) is 35.2 Å². The summed E-state index contributed by atoms with van der Waals surface area (Å²) in [5, 5.41) is 2.95. The van der Waals surface area contributed by atoms with E-state index in [9.17, 15) is 4.79 Å². The van der Waals surface area contributed by atoms with Gasteiger partial charge in [0, 0.05) is 19.6 Å². The van der Waals surface area contributed by atoms with E-state index in [1.54, 1.807) is 0 Å². The van der Waals surface area contributed by atoms with Gasteiger partial charge < -0.3 is 15.0 Å². The number of carbonyl (C=O) groups excluding carboxylic acids is 1. The lowest BCUT2D eigenvalue weighted by Gasteiger charge is -2.21. The number of aryl methyl sites for hydroxylation is 2. The van der Waals surface area contributed by atoms with Gasteiger partial charge in [-0.25, -0.2) is 4.98 Å². The second-order valence-electron chi connectivity index (χ2n) is 6.15. The number of nitrogens with one attached hydrogen (secondary N) is 2. The van der Waals surface area contributed by atoms with E-state index in [1.807, 2.05) is 6.07 Å². The highest BCUT2D eigenvalue weighted by atomic mass is 16.5. The Morgan fingerprint density at radius 2 is 2.32 bits per heavy atom. The predicted molar refractivity (Wildman–Crippen MR) is 85.6 cm³/mol. The number of aromatic amines is 1. The van der Waals surface area contributed by atoms with Gasteiger partial charge in [-0.15, -0.1) is 0 Å². The molecule has 1 amide bonds. The Hall–Kier alpha value is -1.88. The topological polar surface area (TPSA) is 67.0 Å². The Labute approximate surface area is 130 Å². The van der Waals surface area contributed by atoms with Crippen LogP contribution in [0.2, 0.25) is 0 Å². The standard InChI is InChI=1S/C17H23N3O2/c1-11-5-6-14-17(12(11)2)20-15(19-14)9-18-16(21)8-13-4-3-7-22-10-13/h5-6,13H,3-4,7-10H2,1-2H3,(H,18,21)(H,19,20)/t13-/m1/s1. The van der Waals surface area contributed by atoms with Gasteiger partial charge in [0.1, 0.15) is 5.82 Å². The molecule has 0 radical (unpaired) electrons. The van der Waals surface area contributed by atoms with Crippen LogP contribution in [0.5, 0.6) is 0 Å². The van der Waals surface area contributed by atoms with Crippen molar-refractivity contribution in [1.82, 2.24) is 15.3 Å². The van der Waals surface area contributed by atoms with Gasteiger partial charge in [0.15, 0.2) is 0 Å². The molecule has 1 aromatic heterocycles. The van der Waals surface area contributed by atoms with Crippen LogP contribution in [0, 0.1) is 19.8 Å². The molecule has 0 aliphatic carbocycles. The first-order chi connectivity index (χ1) is 10.6. The molecule has 2 aromatic rings. The highest BCUT2D eigenvalue weighted by molar-refractivity contribution is 5.80. The van der Waals surface area contributed by atoms with Gasteiger partial charge in [-0.1, -0.05) is 6.07 Å². The molecule has 22 heavy (non-hydrogen) atoms. The molecule has 2 N–H and O–H groups in total. The molecule has 2 heterocycles. The number of nitrogens with zero attached hydrogens (tertiary/aromatic N) is 1. The maximum absolute atomic E-state index is 12.0. The number of hydrogen-bond donors (Lipinski definition) is 2. The van der Waals surface area contributed by atoms with Crippen LogP contribution in [0.4, 0.5) is 0 Å². The van der Waals surface area contributed by atoms with Gasteiger partial charge in [0.2, 0.25) is 5.91 Å². The van der Waals surface area contributed by atoms with Crippen LogP contribution in [0.3, 0.4) is 0 Å². The van der Waals surface area contributed by atoms with E-state index < -0.39 is 0 Å². The van der Waals surface area contributed by atoms with Crippen molar-refractivity contribution in [2.45, 2.75) is 39.7 Å². The maximum atomic E-state index is 12.0. The quantitative estimate of drug-likeness (QED) is 0.912. The highest BCUT2D eigenvalue weighted by Crippen LogP contribution is 2.19. The number of fused-ring (bicyclic) bond motifs is 1. The third-order valence-corrected chi connectivity index (χ3v) is 4.41. The number of hydrogen-bond acceptors (Lipinski definition) is 3. The third-order valence-electron chi connectivity index (χ3n) is 4.41. The van der Waals surface area contributed by atoms with Crippen molar-refractivity contribution in [2.75, 3.05) is 13.2 Å². The average molecular weight is 301 g/mol. The summed E-state index contributed by atoms with van der Waals surface area (Å²) in [5.74, 6) is 1.23. The van der Waals surface area contributed by atoms with E-state index in [4.69, 9.17) is 4.74 Å². The molecular weight excluding hydrogens is 278 g/mol. The van der Waals surface area contributed by atoms with Crippen molar-refractivity contribution in [3.05, 3.63) is 29.1 Å². The van der Waals surface area contributed by atoms with Crippen LogP contribution in [-0.4, -0.2) is 29.1 Å². The van der Waals surface area contributed by atoms with Gasteiger partial charge in [-0.05, 0) is 49.8 Å². The minimum Gasteiger partial charge on any atom is -0.381 e. The second-order valence-corrected chi connectivity index (χ2v) is 6.15. The molecule has 0 spiro atoms. The molecule has 1 aromatic carbocycles. The molecule has 1 atom stereocenters. The number of rotatable bonds is 4. The largest absolute Gasteiger partial charge is 0.381 e. The minimum atomic E-state index is 0.0730. The van der Waals surface area contributed by atoms with Gasteiger partial charge in [-0.2, -0.15) is 0 Å². The van der Waals surface area contributed by atoms with Crippen molar-refractivity contribution in [2.24, 2.45) is 5.92 Å². The molecule has 5 nitrogen and oxygen atoms in total. The summed E-state index contributed by atoms with van der Waals surface area (Å²) >= 11 is 0. The summed E-state index contributed by atoms with van der Waals surface area (Å²) in [6.45, 7) is 6.13. The molecule has 3 rings (SSSR count). The van der Waals surface area contributed by atoms with Crippen LogP contribution < -0.4 is 5.32 Å². The third kappa shape index (κ3) is 3.30. The highest BCUT2D eigenvalue weighted by Gasteiger charge is 2.17. The van der Waals surface area contributed by atoms with Crippen molar-refractivity contribution >= 4 is 16.9 Å². The molecule has 1 aliphatic heterocycles. The molecule has 0 unspecified atom stereocenters. The second kappa shape index (κ2) is 6.48. The number of imidazole rings is 1. The van der Waals surface area contributed by atoms with E-state index in [-0.39, 0.29) is 5.91 Å². The maximum Gasteiger partial charge on any atom is 0.220 e. The lowest BCUT2D eigenvalue weighted by molar-refractivity contribution is -0.123. The fourth-order valence-corrected chi connectivity index (χ4v) is 2.93. The lowest BCUT2D eigenvalue weighted by Crippen LogP contribution is -2.28. The first kappa shape index (κ1) is 15.0. The van der Waals surface area contributed by atoms with Gasteiger partial charge in [0.25, 0.3) is 0 Å². The van der Waals surface area contributed by atoms with Crippen molar-refractivity contribution in [3.63, 3.8) is 0 Å². The molecule has 1 saturated heterocycles. The van der Waals surface area contributed by atoms with Crippen LogP contribution in [0.15, 0.2) is 12.1 Å². The molecule has 0 bridgehead atoms. The smallest absolute Gasteiger partial charge is 0.220 e. The van der Waals surface area contributed by atoms with E-state index in [0.29, 0.717) is 25.5 Å². The number of benzene rings is 1. The van der Waals surface area contributed by atoms with Crippen LogP contribution in [0.1, 0.15) is 36.2 Å². The number of amides is 1. The van der Waals surface area contributed by atoms with Gasteiger partial charge >= 0.3 is 0 Å². The molecule has 5 heteroatoms. The van der Waals surface area contributed by atoms with E-state index in [1.165, 1.54) is 11.1 Å². The zero-order chi connectivity index (χ0) is 15.5. The Balaban J connectivity index is 1.59. The Bertz CT molecular complexity index is 672. The Morgan fingerprint density at radius 1 is 1.45 bits per heavy atom. The van der Waals surface area contributed by atoms with Gasteiger partial charge in [0.05, 0.1) is 17.6 Å². The number of H-pyrrole nitrogens is 1. The molecular formula is C17H23N3O2. The summed E-state index contributed by atoms with van der Waals surface area (Å²) in [6, 6.07) is 4.12. The summed E-state index contributed by atoms with van der Waals surface area (Å²) in [4.78, 5) is 19.9. The minimum absolute atomic E-state index is 0.0730. The Kier molecular flexibility index (Phi) is 4.43. The number of ether oxygens (including phenoxy) is 1. The monoisotopic (exact) mass is 301 g/mol. The summed E-state index contributed by atoms with van der Waals surface area (Å²) in [5.41, 5.74) is 4.43. The van der Waals surface area contributed by atoms with Gasteiger partial charge in [-0.3, -0.25) is 4.79 Å². The zero-order valence-electron chi connectivity index (χ0n) is 13.2. The first-order valence-electron chi connectivity index (χ1n) is 7.92. The van der Waals surface area contributed by atoms with Crippen molar-refractivity contribution < 1.29 is 9.53 Å². The number of carbonyl (C=O) groups is 1. The summed E-state index contributed by atoms with van der Waals surface area (Å²) < 4.78 is 5.41. The molecule has 0 saturated carbocycles. The lowest BCUT2D eigenvalue weighted by atomic mass is 9.98. The first-order valence-corrected chi connectivity index (χ1v) is 7.92. The average Bonchev–Trinajstić information content (AvgIpc) is 2.94. The van der Waals surface area contributed by atoms with E-state index in [0.717, 1.165) is 36.3 Å². The zero-order valence-corrected chi connectivity index (χ0v) is 13.2. The SMILES string of the molecule is Cc1ccc2[nH]c(CNC(=O)C[C@H]3CCCOC3)nc2c1C. The number of aromatic nitrogens is 2. The van der Waals surface area contributed by atoms with Crippen LogP contribution in [0.25, 0.3) is 11.0 Å². The molecule has 1 fully saturated rings. The summed E-state index contributed by atoms with van der Waals surface area (Å²) in [6.07, 6.45) is 2.68. The predicted octanol–water partition coefficient (Wildman–Crippen LogP) is 2.61. The van der Waals surface area contributed by atoms with Crippen LogP contribution >= 0.6 is 0 Å². The Morgan fingerprint density at radius 3 is 3.09 bits per heavy atom. The molecule has 1 aliphatic rings. The van der Waals surface area contributed by atoms with Crippen molar-refractivity contribution in [3.8, 4) is 0 Å². The fourth-order valence-electron chi connectivity index (χ4n) is 2.93. The van der Waals surface area contributed by atoms with E-state index >= 15 is 0 Å². The van der Waals surface area contributed by atoms with Crippen molar-refractivity contribution in [1.29, 1.82) is 0 Å².